The standard InChI is InChI=1S/C16H16O4S/c1-12(17)13-8-9-16(20-2)14(10-13)11-21(18,19)15-6-4-3-5-7-15/h3-10H,11H2,1-2H3. The second-order valence-corrected chi connectivity index (χ2v) is 6.64. The van der Waals surface area contributed by atoms with Gasteiger partial charge in [-0.25, -0.2) is 8.42 Å². The Morgan fingerprint density at radius 3 is 2.33 bits per heavy atom. The number of ketones is 1. The number of ether oxygens (including phenoxy) is 1. The second-order valence-electron chi connectivity index (χ2n) is 4.65. The van der Waals surface area contributed by atoms with Crippen LogP contribution in [0.2, 0.25) is 0 Å². The van der Waals surface area contributed by atoms with Gasteiger partial charge < -0.3 is 4.74 Å². The highest BCUT2D eigenvalue weighted by molar-refractivity contribution is 7.90. The summed E-state index contributed by atoms with van der Waals surface area (Å²) in [5.41, 5.74) is 0.947. The van der Waals surface area contributed by atoms with E-state index in [0.29, 0.717) is 16.9 Å². The largest absolute Gasteiger partial charge is 0.496 e. The fourth-order valence-electron chi connectivity index (χ4n) is 2.03. The Morgan fingerprint density at radius 2 is 1.76 bits per heavy atom. The summed E-state index contributed by atoms with van der Waals surface area (Å²) in [6.07, 6.45) is 0. The minimum Gasteiger partial charge on any atom is -0.496 e. The zero-order chi connectivity index (χ0) is 15.5. The quantitative estimate of drug-likeness (QED) is 0.797. The van der Waals surface area contributed by atoms with Gasteiger partial charge in [0, 0.05) is 11.1 Å². The van der Waals surface area contributed by atoms with Crippen LogP contribution in [0.3, 0.4) is 0 Å². The Balaban J connectivity index is 2.43. The molecule has 0 spiro atoms. The van der Waals surface area contributed by atoms with Gasteiger partial charge in [-0.05, 0) is 37.3 Å². The maximum atomic E-state index is 12.4. The van der Waals surface area contributed by atoms with Crippen molar-refractivity contribution in [1.82, 2.24) is 0 Å². The SMILES string of the molecule is COc1ccc(C(C)=O)cc1CS(=O)(=O)c1ccccc1. The fourth-order valence-corrected chi connectivity index (χ4v) is 3.40. The van der Waals surface area contributed by atoms with Gasteiger partial charge in [-0.15, -0.1) is 0 Å². The van der Waals surface area contributed by atoms with Crippen molar-refractivity contribution in [2.75, 3.05) is 7.11 Å². The Kier molecular flexibility index (Phi) is 4.43. The summed E-state index contributed by atoms with van der Waals surface area (Å²) in [7, 11) is -2.01. The van der Waals surface area contributed by atoms with E-state index >= 15 is 0 Å². The highest BCUT2D eigenvalue weighted by Gasteiger charge is 2.18. The Bertz CT molecular complexity index is 749. The Labute approximate surface area is 124 Å². The van der Waals surface area contributed by atoms with Crippen LogP contribution >= 0.6 is 0 Å². The molecule has 110 valence electrons. The average Bonchev–Trinajstić information content (AvgIpc) is 2.47. The molecular weight excluding hydrogens is 288 g/mol. The van der Waals surface area contributed by atoms with Crippen LogP contribution in [0.1, 0.15) is 22.8 Å². The smallest absolute Gasteiger partial charge is 0.182 e. The highest BCUT2D eigenvalue weighted by Crippen LogP contribution is 2.25. The predicted octanol–water partition coefficient (Wildman–Crippen LogP) is 2.87. The van der Waals surface area contributed by atoms with Gasteiger partial charge in [-0.1, -0.05) is 18.2 Å². The molecule has 2 aromatic rings. The summed E-state index contributed by atoms with van der Waals surface area (Å²) < 4.78 is 30.0. The van der Waals surface area contributed by atoms with Crippen molar-refractivity contribution in [3.05, 3.63) is 59.7 Å². The van der Waals surface area contributed by atoms with E-state index in [1.54, 1.807) is 48.5 Å². The fraction of sp³-hybridized carbons (Fsp3) is 0.188. The number of sulfone groups is 1. The van der Waals surface area contributed by atoms with Crippen LogP contribution in [0.5, 0.6) is 5.75 Å². The maximum Gasteiger partial charge on any atom is 0.182 e. The lowest BCUT2D eigenvalue weighted by Crippen LogP contribution is -2.07. The molecule has 0 unspecified atom stereocenters. The zero-order valence-corrected chi connectivity index (χ0v) is 12.7. The van der Waals surface area contributed by atoms with E-state index in [1.807, 2.05) is 0 Å². The third-order valence-electron chi connectivity index (χ3n) is 3.13. The zero-order valence-electron chi connectivity index (χ0n) is 11.9. The predicted molar refractivity (Wildman–Crippen MR) is 80.3 cm³/mol. The molecule has 0 fully saturated rings. The Hall–Kier alpha value is -2.14. The average molecular weight is 304 g/mol. The van der Waals surface area contributed by atoms with Gasteiger partial charge in [0.05, 0.1) is 17.8 Å². The lowest BCUT2D eigenvalue weighted by Gasteiger charge is -2.10. The van der Waals surface area contributed by atoms with Crippen molar-refractivity contribution in [2.24, 2.45) is 0 Å². The van der Waals surface area contributed by atoms with Crippen LogP contribution < -0.4 is 4.74 Å². The molecule has 0 N–H and O–H groups in total. The molecule has 0 bridgehead atoms. The van der Waals surface area contributed by atoms with Crippen molar-refractivity contribution in [1.29, 1.82) is 0 Å². The van der Waals surface area contributed by atoms with Crippen LogP contribution in [0.15, 0.2) is 53.4 Å². The van der Waals surface area contributed by atoms with Crippen molar-refractivity contribution in [3.8, 4) is 5.75 Å². The van der Waals surface area contributed by atoms with Gasteiger partial charge >= 0.3 is 0 Å². The number of carbonyl (C=O) groups excluding carboxylic acids is 1. The minimum atomic E-state index is -3.48. The summed E-state index contributed by atoms with van der Waals surface area (Å²) in [6, 6.07) is 13.0. The van der Waals surface area contributed by atoms with Crippen molar-refractivity contribution >= 4 is 15.6 Å². The number of carbonyl (C=O) groups is 1. The van der Waals surface area contributed by atoms with Crippen LogP contribution in [0.25, 0.3) is 0 Å². The van der Waals surface area contributed by atoms with Crippen LogP contribution in [0.4, 0.5) is 0 Å². The van der Waals surface area contributed by atoms with E-state index in [4.69, 9.17) is 4.74 Å². The van der Waals surface area contributed by atoms with Gasteiger partial charge in [0.2, 0.25) is 0 Å². The van der Waals surface area contributed by atoms with Crippen molar-refractivity contribution in [3.63, 3.8) is 0 Å². The summed E-state index contributed by atoms with van der Waals surface area (Å²) in [5, 5.41) is 0. The van der Waals surface area contributed by atoms with E-state index in [-0.39, 0.29) is 16.4 Å². The molecule has 0 aromatic heterocycles. The van der Waals surface area contributed by atoms with Gasteiger partial charge in [0.15, 0.2) is 15.6 Å². The molecule has 0 aliphatic heterocycles. The lowest BCUT2D eigenvalue weighted by molar-refractivity contribution is 0.101. The molecule has 21 heavy (non-hydrogen) atoms. The molecule has 0 heterocycles. The van der Waals surface area contributed by atoms with E-state index in [9.17, 15) is 13.2 Å². The number of rotatable bonds is 5. The van der Waals surface area contributed by atoms with Gasteiger partial charge in [0.25, 0.3) is 0 Å². The molecule has 0 saturated carbocycles. The molecular formula is C16H16O4S. The molecule has 0 atom stereocenters. The van der Waals surface area contributed by atoms with E-state index in [1.165, 1.54) is 14.0 Å². The van der Waals surface area contributed by atoms with Gasteiger partial charge in [-0.3, -0.25) is 4.79 Å². The third kappa shape index (κ3) is 3.49. The summed E-state index contributed by atoms with van der Waals surface area (Å²) in [6.45, 7) is 1.44. The van der Waals surface area contributed by atoms with Crippen LogP contribution in [0, 0.1) is 0 Å². The number of hydrogen-bond acceptors (Lipinski definition) is 4. The second kappa shape index (κ2) is 6.10. The molecule has 0 amide bonds. The molecule has 4 nitrogen and oxygen atoms in total. The van der Waals surface area contributed by atoms with Crippen LogP contribution in [-0.2, 0) is 15.6 Å². The van der Waals surface area contributed by atoms with Crippen LogP contribution in [-0.4, -0.2) is 21.3 Å². The van der Waals surface area contributed by atoms with Crippen molar-refractivity contribution in [2.45, 2.75) is 17.6 Å². The summed E-state index contributed by atoms with van der Waals surface area (Å²) in [4.78, 5) is 11.7. The highest BCUT2D eigenvalue weighted by atomic mass is 32.2. The number of Topliss-reactive ketones (excluding diaryl/α,β-unsaturated/α-hetero) is 1. The molecule has 0 saturated heterocycles. The molecule has 0 aliphatic carbocycles. The van der Waals surface area contributed by atoms with Gasteiger partial charge in [-0.2, -0.15) is 0 Å². The number of hydrogen-bond donors (Lipinski definition) is 0. The maximum absolute atomic E-state index is 12.4. The summed E-state index contributed by atoms with van der Waals surface area (Å²) >= 11 is 0. The first-order chi connectivity index (χ1) is 9.94. The van der Waals surface area contributed by atoms with E-state index < -0.39 is 9.84 Å². The van der Waals surface area contributed by atoms with Crippen molar-refractivity contribution < 1.29 is 17.9 Å². The summed E-state index contributed by atoms with van der Waals surface area (Å²) in [5.74, 6) is 0.136. The topological polar surface area (TPSA) is 60.4 Å². The molecule has 0 radical (unpaired) electrons. The molecule has 5 heteroatoms. The first kappa shape index (κ1) is 15.3. The van der Waals surface area contributed by atoms with E-state index in [2.05, 4.69) is 0 Å². The van der Waals surface area contributed by atoms with E-state index in [0.717, 1.165) is 0 Å². The molecule has 0 aliphatic rings. The number of benzene rings is 2. The lowest BCUT2D eigenvalue weighted by atomic mass is 10.1. The normalized spacial score (nSPS) is 11.1. The Morgan fingerprint density at radius 1 is 1.10 bits per heavy atom. The first-order valence-corrected chi connectivity index (χ1v) is 8.05. The molecule has 2 rings (SSSR count). The molecule has 2 aromatic carbocycles. The van der Waals surface area contributed by atoms with Gasteiger partial charge in [0.1, 0.15) is 5.75 Å². The third-order valence-corrected chi connectivity index (χ3v) is 4.82. The number of methoxy groups -OCH3 is 1. The monoisotopic (exact) mass is 304 g/mol. The minimum absolute atomic E-state index is 0.115. The first-order valence-electron chi connectivity index (χ1n) is 6.39.